The molecule has 0 bridgehead atoms. The van der Waals surface area contributed by atoms with Crippen LogP contribution in [0, 0.1) is 0 Å². The third kappa shape index (κ3) is 5.65. The number of ether oxygens (including phenoxy) is 1. The van der Waals surface area contributed by atoms with Crippen LogP contribution in [0.15, 0.2) is 72.8 Å². The van der Waals surface area contributed by atoms with Gasteiger partial charge in [0.15, 0.2) is 0 Å². The second-order valence-electron chi connectivity index (χ2n) is 8.00. The topological polar surface area (TPSA) is 92.5 Å². The van der Waals surface area contributed by atoms with Gasteiger partial charge < -0.3 is 15.0 Å². The number of alkyl halides is 2. The van der Waals surface area contributed by atoms with Gasteiger partial charge >= 0.3 is 6.03 Å². The van der Waals surface area contributed by atoms with E-state index in [9.17, 15) is 4.79 Å². The zero-order chi connectivity index (χ0) is 25.5. The molecule has 4 aromatic rings. The SMILES string of the molecule is COc1ccc(-c2cc(-c3cc(NC(=O)NN)ccc3N(CCCl)CCCl)c3ccccc3n2)cc1. The molecular weight excluding hydrogens is 497 g/mol. The molecule has 0 atom stereocenters. The van der Waals surface area contributed by atoms with Crippen LogP contribution in [0.4, 0.5) is 16.2 Å². The quantitative estimate of drug-likeness (QED) is 0.110. The van der Waals surface area contributed by atoms with Gasteiger partial charge in [0.25, 0.3) is 0 Å². The molecule has 0 saturated carbocycles. The number of carbonyl (C=O) groups excluding carboxylic acids is 1. The zero-order valence-electron chi connectivity index (χ0n) is 19.8. The second-order valence-corrected chi connectivity index (χ2v) is 8.75. The molecule has 7 nitrogen and oxygen atoms in total. The Labute approximate surface area is 220 Å². The van der Waals surface area contributed by atoms with Crippen molar-refractivity contribution in [3.05, 3.63) is 72.8 Å². The first-order valence-electron chi connectivity index (χ1n) is 11.4. The van der Waals surface area contributed by atoms with Crippen molar-refractivity contribution in [2.45, 2.75) is 0 Å². The van der Waals surface area contributed by atoms with Gasteiger partial charge in [-0.3, -0.25) is 5.43 Å². The first kappa shape index (κ1) is 25.6. The van der Waals surface area contributed by atoms with Gasteiger partial charge in [0.05, 0.1) is 18.3 Å². The monoisotopic (exact) mass is 523 g/mol. The highest BCUT2D eigenvalue weighted by Crippen LogP contribution is 2.39. The van der Waals surface area contributed by atoms with E-state index in [0.29, 0.717) is 30.5 Å². The predicted molar refractivity (Wildman–Crippen MR) is 149 cm³/mol. The third-order valence-electron chi connectivity index (χ3n) is 5.83. The van der Waals surface area contributed by atoms with E-state index in [1.54, 1.807) is 7.11 Å². The molecule has 36 heavy (non-hydrogen) atoms. The Kier molecular flexibility index (Phi) is 8.48. The lowest BCUT2D eigenvalue weighted by Crippen LogP contribution is -2.34. The summed E-state index contributed by atoms with van der Waals surface area (Å²) in [4.78, 5) is 19.0. The number of halogens is 2. The summed E-state index contributed by atoms with van der Waals surface area (Å²) in [5.74, 6) is 6.95. The van der Waals surface area contributed by atoms with E-state index in [1.165, 1.54) is 0 Å². The molecule has 186 valence electrons. The summed E-state index contributed by atoms with van der Waals surface area (Å²) < 4.78 is 5.31. The number of hydrogen-bond acceptors (Lipinski definition) is 5. The summed E-state index contributed by atoms with van der Waals surface area (Å²) in [6.45, 7) is 1.23. The lowest BCUT2D eigenvalue weighted by molar-refractivity contribution is 0.252. The van der Waals surface area contributed by atoms with Crippen molar-refractivity contribution in [3.8, 4) is 28.1 Å². The van der Waals surface area contributed by atoms with Crippen LogP contribution in [0.3, 0.4) is 0 Å². The smallest absolute Gasteiger partial charge is 0.333 e. The number of carbonyl (C=O) groups is 1. The van der Waals surface area contributed by atoms with Gasteiger partial charge in [-0.2, -0.15) is 0 Å². The van der Waals surface area contributed by atoms with E-state index >= 15 is 0 Å². The third-order valence-corrected chi connectivity index (χ3v) is 6.17. The lowest BCUT2D eigenvalue weighted by atomic mass is 9.96. The number of amides is 2. The zero-order valence-corrected chi connectivity index (χ0v) is 21.3. The van der Waals surface area contributed by atoms with E-state index < -0.39 is 6.03 Å². The highest BCUT2D eigenvalue weighted by atomic mass is 35.5. The van der Waals surface area contributed by atoms with E-state index in [2.05, 4.69) is 21.7 Å². The van der Waals surface area contributed by atoms with E-state index in [4.69, 9.17) is 38.8 Å². The maximum Gasteiger partial charge on any atom is 0.333 e. The molecule has 0 fully saturated rings. The van der Waals surface area contributed by atoms with Crippen LogP contribution in [0.1, 0.15) is 0 Å². The molecule has 9 heteroatoms. The standard InChI is InChI=1S/C27H27Cl2N5O2/c1-36-20-9-6-18(7-10-20)25-17-22(21-4-2-3-5-24(21)32-25)23-16-19(31-27(35)33-30)8-11-26(23)34(14-12-28)15-13-29/h2-11,16-17H,12-15,30H2,1H3,(H2,31,33,35). The Morgan fingerprint density at radius 2 is 1.69 bits per heavy atom. The molecule has 1 aromatic heterocycles. The van der Waals surface area contributed by atoms with Crippen LogP contribution in [-0.4, -0.2) is 43.0 Å². The van der Waals surface area contributed by atoms with Crippen LogP contribution < -0.4 is 26.2 Å². The molecule has 0 unspecified atom stereocenters. The average molecular weight is 524 g/mol. The van der Waals surface area contributed by atoms with Crippen molar-refractivity contribution in [3.63, 3.8) is 0 Å². The van der Waals surface area contributed by atoms with E-state index in [1.807, 2.05) is 66.7 Å². The first-order valence-corrected chi connectivity index (χ1v) is 12.5. The normalized spacial score (nSPS) is 10.8. The maximum atomic E-state index is 11.9. The highest BCUT2D eigenvalue weighted by molar-refractivity contribution is 6.18. The molecule has 0 radical (unpaired) electrons. The molecule has 3 aromatic carbocycles. The van der Waals surface area contributed by atoms with Crippen LogP contribution in [-0.2, 0) is 0 Å². The molecule has 4 N–H and O–H groups in total. The maximum absolute atomic E-state index is 11.9. The number of nitrogens with one attached hydrogen (secondary N) is 2. The molecular formula is C27H27Cl2N5O2. The van der Waals surface area contributed by atoms with Crippen LogP contribution in [0.25, 0.3) is 33.3 Å². The van der Waals surface area contributed by atoms with Gasteiger partial charge in [-0.25, -0.2) is 15.6 Å². The van der Waals surface area contributed by atoms with Crippen molar-refractivity contribution in [2.75, 3.05) is 42.2 Å². The molecule has 4 rings (SSSR count). The van der Waals surface area contributed by atoms with Crippen LogP contribution in [0.5, 0.6) is 5.75 Å². The molecule has 2 amide bonds. The van der Waals surface area contributed by atoms with Gasteiger partial charge in [0.2, 0.25) is 0 Å². The Hall–Kier alpha value is -3.52. The van der Waals surface area contributed by atoms with Crippen LogP contribution in [0.2, 0.25) is 0 Å². The summed E-state index contributed by atoms with van der Waals surface area (Å²) in [6, 6.07) is 23.1. The van der Waals surface area contributed by atoms with Gasteiger partial charge in [0, 0.05) is 52.7 Å². The Balaban J connectivity index is 1.96. The van der Waals surface area contributed by atoms with Crippen molar-refractivity contribution in [1.82, 2.24) is 10.4 Å². The number of fused-ring (bicyclic) bond motifs is 1. The number of nitrogens with zero attached hydrogens (tertiary/aromatic N) is 2. The van der Waals surface area contributed by atoms with Crippen molar-refractivity contribution in [2.24, 2.45) is 5.84 Å². The highest BCUT2D eigenvalue weighted by Gasteiger charge is 2.18. The molecule has 0 spiro atoms. The number of urea groups is 1. The number of hydrogen-bond donors (Lipinski definition) is 3. The average Bonchev–Trinajstić information content (AvgIpc) is 2.92. The minimum atomic E-state index is -0.509. The second kappa shape index (κ2) is 11.9. The number of anilines is 2. The number of hydrazine groups is 1. The van der Waals surface area contributed by atoms with Crippen molar-refractivity contribution >= 4 is 51.5 Å². The lowest BCUT2D eigenvalue weighted by Gasteiger charge is -2.27. The molecule has 1 heterocycles. The number of nitrogens with two attached hydrogens (primary N) is 1. The van der Waals surface area contributed by atoms with Gasteiger partial charge in [0.1, 0.15) is 5.75 Å². The van der Waals surface area contributed by atoms with E-state index in [0.717, 1.165) is 44.7 Å². The number of rotatable bonds is 9. The number of pyridine rings is 1. The Morgan fingerprint density at radius 1 is 0.972 bits per heavy atom. The minimum absolute atomic E-state index is 0.445. The fourth-order valence-corrected chi connectivity index (χ4v) is 4.55. The predicted octanol–water partition coefficient (Wildman–Crippen LogP) is 5.86. The summed E-state index contributed by atoms with van der Waals surface area (Å²) in [5, 5.41) is 3.74. The number of benzene rings is 3. The van der Waals surface area contributed by atoms with Gasteiger partial charge in [-0.1, -0.05) is 18.2 Å². The summed E-state index contributed by atoms with van der Waals surface area (Å²) in [7, 11) is 1.64. The number of methoxy groups -OCH3 is 1. The largest absolute Gasteiger partial charge is 0.497 e. The summed E-state index contributed by atoms with van der Waals surface area (Å²) in [5.41, 5.74) is 8.16. The first-order chi connectivity index (χ1) is 17.6. The van der Waals surface area contributed by atoms with E-state index in [-0.39, 0.29) is 0 Å². The Morgan fingerprint density at radius 3 is 2.36 bits per heavy atom. The molecule has 0 aliphatic rings. The fraction of sp³-hybridized carbons (Fsp3) is 0.185. The Bertz CT molecular complexity index is 1340. The number of para-hydroxylation sites is 1. The molecule has 0 aliphatic carbocycles. The molecule has 0 aliphatic heterocycles. The fourth-order valence-electron chi connectivity index (χ4n) is 4.14. The van der Waals surface area contributed by atoms with Gasteiger partial charge in [-0.15, -0.1) is 23.2 Å². The molecule has 0 saturated heterocycles. The van der Waals surface area contributed by atoms with Gasteiger partial charge in [-0.05, 0) is 60.2 Å². The summed E-state index contributed by atoms with van der Waals surface area (Å²) >= 11 is 12.3. The van der Waals surface area contributed by atoms with Crippen LogP contribution >= 0.6 is 23.2 Å². The summed E-state index contributed by atoms with van der Waals surface area (Å²) in [6.07, 6.45) is 0. The van der Waals surface area contributed by atoms with Crippen molar-refractivity contribution in [1.29, 1.82) is 0 Å². The minimum Gasteiger partial charge on any atom is -0.497 e. The van der Waals surface area contributed by atoms with Crippen molar-refractivity contribution < 1.29 is 9.53 Å². The number of aromatic nitrogens is 1.